The summed E-state index contributed by atoms with van der Waals surface area (Å²) in [5.41, 5.74) is 3.83. The van der Waals surface area contributed by atoms with Gasteiger partial charge in [0.05, 0.1) is 4.88 Å². The smallest absolute Gasteiger partial charge is 0.264 e. The number of hydrogen-bond acceptors (Lipinski definition) is 3. The predicted octanol–water partition coefficient (Wildman–Crippen LogP) is 3.50. The monoisotopic (exact) mass is 339 g/mol. The molecule has 1 N–H and O–H groups in total. The molecule has 0 bridgehead atoms. The predicted molar refractivity (Wildman–Crippen MR) is 98.5 cm³/mol. The Balaban J connectivity index is 1.43. The third-order valence-corrected chi connectivity index (χ3v) is 5.66. The van der Waals surface area contributed by atoms with Crippen molar-refractivity contribution in [3.63, 3.8) is 0 Å². The molecule has 4 rings (SSSR count). The van der Waals surface area contributed by atoms with E-state index in [0.717, 1.165) is 37.6 Å². The van der Waals surface area contributed by atoms with Crippen molar-refractivity contribution in [1.29, 1.82) is 0 Å². The van der Waals surface area contributed by atoms with E-state index in [4.69, 9.17) is 0 Å². The Morgan fingerprint density at radius 2 is 1.92 bits per heavy atom. The van der Waals surface area contributed by atoms with Gasteiger partial charge in [-0.25, -0.2) is 0 Å². The molecule has 0 saturated carbocycles. The van der Waals surface area contributed by atoms with Crippen LogP contribution in [0.15, 0.2) is 41.8 Å². The van der Waals surface area contributed by atoms with Crippen LogP contribution in [0.3, 0.4) is 0 Å². The zero-order valence-electron chi connectivity index (χ0n) is 13.8. The molecule has 0 aliphatic carbocycles. The summed E-state index contributed by atoms with van der Waals surface area (Å²) in [6.45, 7) is 6.55. The highest BCUT2D eigenvalue weighted by Crippen LogP contribution is 2.24. The topological polar surface area (TPSA) is 39.3 Å². The second-order valence-corrected chi connectivity index (χ2v) is 7.27. The number of rotatable bonds is 3. The van der Waals surface area contributed by atoms with Crippen molar-refractivity contribution in [2.24, 2.45) is 0 Å². The lowest BCUT2D eigenvalue weighted by Gasteiger charge is -2.34. The quantitative estimate of drug-likeness (QED) is 0.793. The maximum absolute atomic E-state index is 12.4. The first-order chi connectivity index (χ1) is 11.7. The van der Waals surface area contributed by atoms with E-state index in [0.29, 0.717) is 0 Å². The molecule has 24 heavy (non-hydrogen) atoms. The van der Waals surface area contributed by atoms with Crippen LogP contribution >= 0.6 is 11.3 Å². The molecular weight excluding hydrogens is 318 g/mol. The van der Waals surface area contributed by atoms with Crippen molar-refractivity contribution in [2.45, 2.75) is 13.5 Å². The minimum absolute atomic E-state index is 0.174. The molecular formula is C19H21N3OS. The molecule has 4 nitrogen and oxygen atoms in total. The van der Waals surface area contributed by atoms with Gasteiger partial charge in [0.2, 0.25) is 0 Å². The first kappa shape index (κ1) is 15.4. The lowest BCUT2D eigenvalue weighted by atomic mass is 10.1. The molecule has 0 atom stereocenters. The van der Waals surface area contributed by atoms with Gasteiger partial charge in [0.1, 0.15) is 0 Å². The number of piperazine rings is 1. The number of thiophene rings is 1. The van der Waals surface area contributed by atoms with E-state index in [1.807, 2.05) is 22.4 Å². The van der Waals surface area contributed by atoms with E-state index in [2.05, 4.69) is 41.1 Å². The molecule has 0 radical (unpaired) electrons. The molecule has 0 unspecified atom stereocenters. The van der Waals surface area contributed by atoms with Crippen LogP contribution in [0.1, 0.15) is 20.9 Å². The van der Waals surface area contributed by atoms with Gasteiger partial charge < -0.3 is 9.88 Å². The Bertz CT molecular complexity index is 845. The van der Waals surface area contributed by atoms with Crippen molar-refractivity contribution < 1.29 is 4.79 Å². The summed E-state index contributed by atoms with van der Waals surface area (Å²) < 4.78 is 0. The number of carbonyl (C=O) groups excluding carboxylic acids is 1. The Morgan fingerprint density at radius 1 is 1.12 bits per heavy atom. The van der Waals surface area contributed by atoms with Crippen molar-refractivity contribution >= 4 is 28.1 Å². The van der Waals surface area contributed by atoms with Gasteiger partial charge in [-0.15, -0.1) is 11.3 Å². The van der Waals surface area contributed by atoms with Gasteiger partial charge in [0, 0.05) is 49.3 Å². The second kappa shape index (κ2) is 6.42. The van der Waals surface area contributed by atoms with Crippen LogP contribution in [-0.4, -0.2) is 46.9 Å². The number of para-hydroxylation sites is 1. The standard InChI is InChI=1S/C19H21N3OS/c1-14-16(15-5-2-3-6-17(15)20-14)13-21-8-10-22(11-9-21)19(23)18-7-4-12-24-18/h2-7,12,20H,8-11,13H2,1H3. The van der Waals surface area contributed by atoms with Crippen LogP contribution in [0.2, 0.25) is 0 Å². The van der Waals surface area contributed by atoms with E-state index in [9.17, 15) is 4.79 Å². The van der Waals surface area contributed by atoms with Gasteiger partial charge >= 0.3 is 0 Å². The molecule has 1 fully saturated rings. The van der Waals surface area contributed by atoms with E-state index >= 15 is 0 Å². The highest BCUT2D eigenvalue weighted by molar-refractivity contribution is 7.12. The van der Waals surface area contributed by atoms with Crippen molar-refractivity contribution in [3.8, 4) is 0 Å². The zero-order chi connectivity index (χ0) is 16.5. The Kier molecular flexibility index (Phi) is 4.12. The summed E-state index contributed by atoms with van der Waals surface area (Å²) in [5, 5.41) is 3.27. The third kappa shape index (κ3) is 2.85. The second-order valence-electron chi connectivity index (χ2n) is 6.32. The first-order valence-corrected chi connectivity index (χ1v) is 9.21. The fraction of sp³-hybridized carbons (Fsp3) is 0.316. The summed E-state index contributed by atoms with van der Waals surface area (Å²) in [4.78, 5) is 21.2. The van der Waals surface area contributed by atoms with E-state index in [1.165, 1.54) is 33.5 Å². The third-order valence-electron chi connectivity index (χ3n) is 4.80. The summed E-state index contributed by atoms with van der Waals surface area (Å²) in [6.07, 6.45) is 0. The maximum Gasteiger partial charge on any atom is 0.264 e. The van der Waals surface area contributed by atoms with Crippen LogP contribution in [0, 0.1) is 6.92 Å². The van der Waals surface area contributed by atoms with E-state index < -0.39 is 0 Å². The number of aryl methyl sites for hydroxylation is 1. The average Bonchev–Trinajstić information content (AvgIpc) is 3.24. The van der Waals surface area contributed by atoms with Crippen molar-refractivity contribution in [3.05, 3.63) is 57.9 Å². The van der Waals surface area contributed by atoms with Gasteiger partial charge in [-0.05, 0) is 30.0 Å². The van der Waals surface area contributed by atoms with Gasteiger partial charge in [-0.3, -0.25) is 9.69 Å². The summed E-state index contributed by atoms with van der Waals surface area (Å²) in [7, 11) is 0. The number of benzene rings is 1. The van der Waals surface area contributed by atoms with E-state index in [1.54, 1.807) is 0 Å². The number of carbonyl (C=O) groups is 1. The molecule has 3 heterocycles. The first-order valence-electron chi connectivity index (χ1n) is 8.33. The van der Waals surface area contributed by atoms with E-state index in [-0.39, 0.29) is 5.91 Å². The minimum Gasteiger partial charge on any atom is -0.358 e. The molecule has 1 amide bonds. The molecule has 3 aromatic rings. The fourth-order valence-corrected chi connectivity index (χ4v) is 4.12. The number of amides is 1. The highest BCUT2D eigenvalue weighted by Gasteiger charge is 2.23. The summed E-state index contributed by atoms with van der Waals surface area (Å²) >= 11 is 1.52. The number of hydrogen-bond donors (Lipinski definition) is 1. The molecule has 1 aliphatic rings. The minimum atomic E-state index is 0.174. The molecule has 0 spiro atoms. The Labute approximate surface area is 145 Å². The number of nitrogens with one attached hydrogen (secondary N) is 1. The van der Waals surface area contributed by atoms with Gasteiger partial charge in [0.25, 0.3) is 5.91 Å². The Morgan fingerprint density at radius 3 is 2.67 bits per heavy atom. The SMILES string of the molecule is Cc1[nH]c2ccccc2c1CN1CCN(C(=O)c2cccs2)CC1. The van der Waals surface area contributed by atoms with Gasteiger partial charge in [-0.1, -0.05) is 24.3 Å². The van der Waals surface area contributed by atoms with Crippen molar-refractivity contribution in [2.75, 3.05) is 26.2 Å². The van der Waals surface area contributed by atoms with Gasteiger partial charge in [-0.2, -0.15) is 0 Å². The summed E-state index contributed by atoms with van der Waals surface area (Å²) in [5.74, 6) is 0.174. The number of aromatic nitrogens is 1. The van der Waals surface area contributed by atoms with Crippen LogP contribution in [0.25, 0.3) is 10.9 Å². The maximum atomic E-state index is 12.4. The zero-order valence-corrected chi connectivity index (χ0v) is 14.6. The molecule has 2 aromatic heterocycles. The largest absolute Gasteiger partial charge is 0.358 e. The number of nitrogens with zero attached hydrogens (tertiary/aromatic N) is 2. The lowest BCUT2D eigenvalue weighted by Crippen LogP contribution is -2.48. The summed E-state index contributed by atoms with van der Waals surface area (Å²) in [6, 6.07) is 12.3. The number of aromatic amines is 1. The average molecular weight is 339 g/mol. The van der Waals surface area contributed by atoms with Crippen LogP contribution in [0.5, 0.6) is 0 Å². The molecule has 5 heteroatoms. The van der Waals surface area contributed by atoms with Crippen LogP contribution in [0.4, 0.5) is 0 Å². The lowest BCUT2D eigenvalue weighted by molar-refractivity contribution is 0.0633. The molecule has 1 aromatic carbocycles. The fourth-order valence-electron chi connectivity index (χ4n) is 3.43. The molecule has 1 saturated heterocycles. The molecule has 1 aliphatic heterocycles. The van der Waals surface area contributed by atoms with Crippen LogP contribution < -0.4 is 0 Å². The number of fused-ring (bicyclic) bond motifs is 1. The highest BCUT2D eigenvalue weighted by atomic mass is 32.1. The van der Waals surface area contributed by atoms with Gasteiger partial charge in [0.15, 0.2) is 0 Å². The Hall–Kier alpha value is -2.11. The molecule has 124 valence electrons. The van der Waals surface area contributed by atoms with Crippen LogP contribution in [-0.2, 0) is 6.54 Å². The number of H-pyrrole nitrogens is 1. The normalized spacial score (nSPS) is 16.0. The van der Waals surface area contributed by atoms with Crippen molar-refractivity contribution in [1.82, 2.24) is 14.8 Å².